The summed E-state index contributed by atoms with van der Waals surface area (Å²) in [7, 11) is 0. The van der Waals surface area contributed by atoms with Gasteiger partial charge in [-0.1, -0.05) is 41.0 Å². The molecule has 0 spiro atoms. The highest BCUT2D eigenvalue weighted by Crippen LogP contribution is 2.57. The lowest BCUT2D eigenvalue weighted by Crippen LogP contribution is -2.54. The minimum atomic E-state index is -1.73. The van der Waals surface area contributed by atoms with Crippen molar-refractivity contribution in [2.45, 2.75) is 182 Å². The third kappa shape index (κ3) is 6.95. The summed E-state index contributed by atoms with van der Waals surface area (Å²) in [5.74, 6) is -4.05. The fraction of sp³-hybridized carbons (Fsp3) is 0.878. The van der Waals surface area contributed by atoms with E-state index in [0.29, 0.717) is 19.3 Å². The van der Waals surface area contributed by atoms with Crippen LogP contribution in [0.1, 0.15) is 159 Å². The first-order valence-electron chi connectivity index (χ1n) is 19.8. The molecule has 288 valence electrons. The molecule has 4 aliphatic carbocycles. The summed E-state index contributed by atoms with van der Waals surface area (Å²) < 4.78 is 24.9. The first-order chi connectivity index (χ1) is 23.7. The van der Waals surface area contributed by atoms with Crippen molar-refractivity contribution in [3.63, 3.8) is 0 Å². The maximum absolute atomic E-state index is 14.7. The molecule has 10 heteroatoms. The molecular weight excluding hydrogens is 652 g/mol. The SMILES string of the molecule is CCC(CC(C)(CC(C)(C(=O)OC1C2CC3C(=O)OC1C3C2)C(C)(C)C(=O)O)C(=O)OC1(CC)CCCC1)C(=O)OC1(C(C)(C)C)CCCCC1. The van der Waals surface area contributed by atoms with Gasteiger partial charge in [0.05, 0.1) is 28.1 Å². The predicted molar refractivity (Wildman–Crippen MR) is 189 cm³/mol. The summed E-state index contributed by atoms with van der Waals surface area (Å²) in [6, 6.07) is 0. The van der Waals surface area contributed by atoms with Crippen LogP contribution in [0.3, 0.4) is 0 Å². The molecule has 51 heavy (non-hydrogen) atoms. The Morgan fingerprint density at radius 2 is 1.47 bits per heavy atom. The average Bonchev–Trinajstić information content (AvgIpc) is 3.83. The molecule has 2 bridgehead atoms. The molecule has 1 saturated heterocycles. The van der Waals surface area contributed by atoms with Gasteiger partial charge in [0, 0.05) is 17.3 Å². The van der Waals surface area contributed by atoms with E-state index in [4.69, 9.17) is 18.9 Å². The molecule has 0 aromatic carbocycles. The number of rotatable bonds is 14. The first-order valence-corrected chi connectivity index (χ1v) is 19.8. The van der Waals surface area contributed by atoms with E-state index in [9.17, 15) is 29.1 Å². The molecule has 0 aromatic rings. The van der Waals surface area contributed by atoms with E-state index < -0.39 is 63.5 Å². The van der Waals surface area contributed by atoms with Gasteiger partial charge in [-0.25, -0.2) is 0 Å². The third-order valence-electron chi connectivity index (χ3n) is 14.6. The van der Waals surface area contributed by atoms with Gasteiger partial charge < -0.3 is 24.1 Å². The van der Waals surface area contributed by atoms with Crippen LogP contribution in [0, 0.1) is 45.3 Å². The summed E-state index contributed by atoms with van der Waals surface area (Å²) in [5, 5.41) is 10.6. The molecule has 5 fully saturated rings. The summed E-state index contributed by atoms with van der Waals surface area (Å²) in [6.45, 7) is 16.5. The molecular formula is C41H64O10. The molecule has 5 aliphatic rings. The quantitative estimate of drug-likeness (QED) is 0.139. The Labute approximate surface area is 304 Å². The van der Waals surface area contributed by atoms with Gasteiger partial charge >= 0.3 is 29.8 Å². The second-order valence-corrected chi connectivity index (χ2v) is 18.9. The number of aliphatic carboxylic acids is 1. The summed E-state index contributed by atoms with van der Waals surface area (Å²) in [6.07, 6.45) is 8.81. The Morgan fingerprint density at radius 3 is 2.02 bits per heavy atom. The Morgan fingerprint density at radius 1 is 0.863 bits per heavy atom. The molecule has 0 aromatic heterocycles. The molecule has 8 unspecified atom stereocenters. The van der Waals surface area contributed by atoms with Crippen molar-refractivity contribution >= 4 is 29.8 Å². The molecule has 5 rings (SSSR count). The van der Waals surface area contributed by atoms with Crippen LogP contribution < -0.4 is 0 Å². The third-order valence-corrected chi connectivity index (χ3v) is 14.6. The van der Waals surface area contributed by atoms with Crippen LogP contribution in [-0.2, 0) is 42.9 Å². The molecule has 0 amide bonds. The van der Waals surface area contributed by atoms with Crippen molar-refractivity contribution < 1.29 is 48.0 Å². The van der Waals surface area contributed by atoms with Gasteiger partial charge in [0.1, 0.15) is 23.4 Å². The maximum atomic E-state index is 14.7. The fourth-order valence-electron chi connectivity index (χ4n) is 10.3. The van der Waals surface area contributed by atoms with Crippen LogP contribution in [0.4, 0.5) is 0 Å². The first kappa shape index (κ1) is 39.6. The Balaban J connectivity index is 1.49. The van der Waals surface area contributed by atoms with Crippen molar-refractivity contribution in [2.24, 2.45) is 45.3 Å². The Hall–Kier alpha value is -2.65. The molecule has 10 nitrogen and oxygen atoms in total. The fourth-order valence-corrected chi connectivity index (χ4v) is 10.3. The lowest BCUT2D eigenvalue weighted by Gasteiger charge is -2.48. The number of ether oxygens (including phenoxy) is 4. The standard InChI is InChI=1S/C41H64O10/c1-10-25(31(42)50-41(36(3,4)5)19-13-12-14-20-41)23-38(8,34(46)51-40(11-2)17-15-16-18-40)24-39(9,37(6,7)33(44)45)35(47)49-29-26-21-27-28(22-26)32(43)48-30(27)29/h25-30H,10-24H2,1-9H3,(H,44,45). The molecule has 0 radical (unpaired) electrons. The van der Waals surface area contributed by atoms with Crippen LogP contribution in [-0.4, -0.2) is 58.4 Å². The summed E-state index contributed by atoms with van der Waals surface area (Å²) in [4.78, 5) is 69.1. The van der Waals surface area contributed by atoms with Crippen molar-refractivity contribution in [2.75, 3.05) is 0 Å². The van der Waals surface area contributed by atoms with Crippen LogP contribution >= 0.6 is 0 Å². The summed E-state index contributed by atoms with van der Waals surface area (Å²) >= 11 is 0. The summed E-state index contributed by atoms with van der Waals surface area (Å²) in [5.41, 5.74) is -6.44. The zero-order valence-corrected chi connectivity index (χ0v) is 32.7. The number of fused-ring (bicyclic) bond motifs is 1. The minimum Gasteiger partial charge on any atom is -0.481 e. The minimum absolute atomic E-state index is 0.00666. The average molecular weight is 717 g/mol. The van der Waals surface area contributed by atoms with E-state index in [1.54, 1.807) is 13.8 Å². The van der Waals surface area contributed by atoms with Gasteiger partial charge in [-0.2, -0.15) is 0 Å². The van der Waals surface area contributed by atoms with Crippen molar-refractivity contribution in [1.82, 2.24) is 0 Å². The van der Waals surface area contributed by atoms with Crippen LogP contribution in [0.25, 0.3) is 0 Å². The largest absolute Gasteiger partial charge is 0.481 e. The van der Waals surface area contributed by atoms with Gasteiger partial charge in [0.25, 0.3) is 0 Å². The molecule has 1 N–H and O–H groups in total. The van der Waals surface area contributed by atoms with Crippen molar-refractivity contribution in [1.29, 1.82) is 0 Å². The highest BCUT2D eigenvalue weighted by molar-refractivity contribution is 5.88. The number of hydrogen-bond acceptors (Lipinski definition) is 9. The van der Waals surface area contributed by atoms with E-state index >= 15 is 0 Å². The van der Waals surface area contributed by atoms with Crippen molar-refractivity contribution in [3.8, 4) is 0 Å². The highest BCUT2D eigenvalue weighted by Gasteiger charge is 2.65. The zero-order chi connectivity index (χ0) is 37.8. The predicted octanol–water partition coefficient (Wildman–Crippen LogP) is 7.97. The lowest BCUT2D eigenvalue weighted by atomic mass is 9.58. The van der Waals surface area contributed by atoms with Crippen molar-refractivity contribution in [3.05, 3.63) is 0 Å². The Bertz CT molecular complexity index is 1360. The number of carboxylic acid groups (broad SMARTS) is 1. The zero-order valence-electron chi connectivity index (χ0n) is 32.7. The van der Waals surface area contributed by atoms with E-state index in [0.717, 1.165) is 64.2 Å². The molecule has 1 heterocycles. The number of hydrogen-bond donors (Lipinski definition) is 1. The second kappa shape index (κ2) is 14.0. The molecule has 4 saturated carbocycles. The van der Waals surface area contributed by atoms with Gasteiger partial charge in [-0.3, -0.25) is 24.0 Å². The van der Waals surface area contributed by atoms with Crippen LogP contribution in [0.5, 0.6) is 0 Å². The van der Waals surface area contributed by atoms with E-state index in [2.05, 4.69) is 20.8 Å². The van der Waals surface area contributed by atoms with Crippen LogP contribution in [0.15, 0.2) is 0 Å². The van der Waals surface area contributed by atoms with Gasteiger partial charge in [-0.05, 0) is 118 Å². The van der Waals surface area contributed by atoms with Gasteiger partial charge in [0.2, 0.25) is 0 Å². The van der Waals surface area contributed by atoms with Gasteiger partial charge in [0.15, 0.2) is 0 Å². The Kier molecular flexibility index (Phi) is 10.8. The second-order valence-electron chi connectivity index (χ2n) is 18.9. The number of esters is 4. The highest BCUT2D eigenvalue weighted by atomic mass is 16.6. The topological polar surface area (TPSA) is 143 Å². The van der Waals surface area contributed by atoms with E-state index in [1.807, 2.05) is 13.8 Å². The monoisotopic (exact) mass is 716 g/mol. The normalized spacial score (nSPS) is 30.8. The number of carboxylic acids is 1. The van der Waals surface area contributed by atoms with Gasteiger partial charge in [-0.15, -0.1) is 0 Å². The smallest absolute Gasteiger partial charge is 0.313 e. The molecule has 8 atom stereocenters. The number of carbonyl (C=O) groups excluding carboxylic acids is 4. The van der Waals surface area contributed by atoms with Crippen LogP contribution in [0.2, 0.25) is 0 Å². The van der Waals surface area contributed by atoms with E-state index in [1.165, 1.54) is 13.8 Å². The molecule has 1 aliphatic heterocycles. The number of carbonyl (C=O) groups is 5. The maximum Gasteiger partial charge on any atom is 0.313 e. The van der Waals surface area contributed by atoms with E-state index in [-0.39, 0.29) is 47.9 Å². The lowest BCUT2D eigenvalue weighted by molar-refractivity contribution is -0.195.